The highest BCUT2D eigenvalue weighted by molar-refractivity contribution is 6.00. The maximum absolute atomic E-state index is 9.01. The average Bonchev–Trinajstić information content (AvgIpc) is 2.73. The molecule has 29 heavy (non-hydrogen) atoms. The predicted octanol–water partition coefficient (Wildman–Crippen LogP) is 5.44. The Labute approximate surface area is 174 Å². The molecule has 1 fully saturated rings. The first kappa shape index (κ1) is 20.8. The van der Waals surface area contributed by atoms with Gasteiger partial charge in [-0.1, -0.05) is 24.8 Å². The Morgan fingerprint density at radius 2 is 1.86 bits per heavy atom. The smallest absolute Gasteiger partial charge is 0.0988 e. The Balaban J connectivity index is 1.70. The fourth-order valence-corrected chi connectivity index (χ4v) is 4.55. The summed E-state index contributed by atoms with van der Waals surface area (Å²) in [5, 5.41) is 16.8. The van der Waals surface area contributed by atoms with E-state index in [-0.39, 0.29) is 0 Å². The van der Waals surface area contributed by atoms with Crippen molar-refractivity contribution in [1.29, 1.82) is 5.26 Å². The van der Waals surface area contributed by atoms with E-state index in [9.17, 15) is 0 Å². The third-order valence-electron chi connectivity index (χ3n) is 6.28. The van der Waals surface area contributed by atoms with Crippen molar-refractivity contribution in [3.05, 3.63) is 64.8 Å². The van der Waals surface area contributed by atoms with Gasteiger partial charge >= 0.3 is 0 Å². The van der Waals surface area contributed by atoms with Gasteiger partial charge in [-0.05, 0) is 75.1 Å². The van der Waals surface area contributed by atoms with E-state index in [1.807, 2.05) is 13.0 Å². The van der Waals surface area contributed by atoms with Gasteiger partial charge in [0.15, 0.2) is 0 Å². The number of rotatable bonds is 5. The number of benzene rings is 1. The Morgan fingerprint density at radius 3 is 2.45 bits per heavy atom. The second-order valence-electron chi connectivity index (χ2n) is 8.11. The van der Waals surface area contributed by atoms with Crippen molar-refractivity contribution in [1.82, 2.24) is 4.90 Å². The van der Waals surface area contributed by atoms with Gasteiger partial charge in [0.2, 0.25) is 0 Å². The van der Waals surface area contributed by atoms with Crippen LogP contribution in [0.2, 0.25) is 0 Å². The molecule has 1 saturated heterocycles. The molecule has 1 aromatic carbocycles. The molecule has 3 rings (SSSR count). The van der Waals surface area contributed by atoms with Gasteiger partial charge in [-0.3, -0.25) is 0 Å². The molecular formula is C25H30N4. The molecule has 1 aliphatic carbocycles. The molecule has 4 nitrogen and oxygen atoms in total. The Kier molecular flexibility index (Phi) is 6.49. The zero-order valence-corrected chi connectivity index (χ0v) is 17.8. The van der Waals surface area contributed by atoms with Gasteiger partial charge in [-0.2, -0.15) is 15.5 Å². The number of nitriles is 1. The maximum atomic E-state index is 9.01. The lowest BCUT2D eigenvalue weighted by Crippen LogP contribution is -2.34. The first-order valence-electron chi connectivity index (χ1n) is 10.3. The number of piperidine rings is 1. The summed E-state index contributed by atoms with van der Waals surface area (Å²) in [6.45, 7) is 16.2. The highest BCUT2D eigenvalue weighted by Gasteiger charge is 2.27. The van der Waals surface area contributed by atoms with Crippen molar-refractivity contribution in [3.63, 3.8) is 0 Å². The van der Waals surface area contributed by atoms with Crippen molar-refractivity contribution in [2.45, 2.75) is 40.0 Å². The number of hydrogen-bond donors (Lipinski definition) is 0. The summed E-state index contributed by atoms with van der Waals surface area (Å²) >= 11 is 0. The van der Waals surface area contributed by atoms with Gasteiger partial charge in [0, 0.05) is 42.2 Å². The minimum atomic E-state index is 0.556. The third kappa shape index (κ3) is 4.56. The molecule has 0 amide bonds. The van der Waals surface area contributed by atoms with Crippen LogP contribution in [0.3, 0.4) is 0 Å². The summed E-state index contributed by atoms with van der Waals surface area (Å²) in [7, 11) is 0. The highest BCUT2D eigenvalue weighted by atomic mass is 15.2. The van der Waals surface area contributed by atoms with Crippen molar-refractivity contribution in [2.75, 3.05) is 13.1 Å². The van der Waals surface area contributed by atoms with Crippen LogP contribution >= 0.6 is 0 Å². The molecule has 0 spiro atoms. The summed E-state index contributed by atoms with van der Waals surface area (Å²) in [6, 6.07) is 6.63. The zero-order chi connectivity index (χ0) is 21.0. The van der Waals surface area contributed by atoms with Crippen LogP contribution in [0.1, 0.15) is 48.4 Å². The standard InChI is InChI=1S/C25H30N4/c1-17-14-18(2)25(15-24(17)19(3)28-27-5)20(4)29-12-10-23(11-13-29)22-8-6-21(16-26)7-9-22/h6-8,14-15,22-23H,4-5,9-13H2,1-3H3/b28-19+. The van der Waals surface area contributed by atoms with Crippen LogP contribution in [-0.4, -0.2) is 30.4 Å². The van der Waals surface area contributed by atoms with E-state index in [0.717, 1.165) is 54.9 Å². The number of aryl methyl sites for hydroxylation is 2. The monoisotopic (exact) mass is 386 g/mol. The molecule has 1 atom stereocenters. The highest BCUT2D eigenvalue weighted by Crippen LogP contribution is 2.34. The number of nitrogens with zero attached hydrogens (tertiary/aromatic N) is 4. The van der Waals surface area contributed by atoms with Gasteiger partial charge in [-0.25, -0.2) is 0 Å². The fourth-order valence-electron chi connectivity index (χ4n) is 4.55. The normalized spacial score (nSPS) is 20.2. The molecule has 1 unspecified atom stereocenters. The van der Waals surface area contributed by atoms with E-state index in [0.29, 0.717) is 11.8 Å². The summed E-state index contributed by atoms with van der Waals surface area (Å²) in [5.41, 5.74) is 7.47. The topological polar surface area (TPSA) is 51.8 Å². The molecule has 0 bridgehead atoms. The largest absolute Gasteiger partial charge is 0.372 e. The van der Waals surface area contributed by atoms with Gasteiger partial charge in [-0.15, -0.1) is 0 Å². The summed E-state index contributed by atoms with van der Waals surface area (Å²) in [4.78, 5) is 2.42. The summed E-state index contributed by atoms with van der Waals surface area (Å²) in [5.74, 6) is 1.23. The molecule has 1 aliphatic heterocycles. The summed E-state index contributed by atoms with van der Waals surface area (Å²) in [6.07, 6.45) is 9.60. The van der Waals surface area contributed by atoms with Crippen LogP contribution in [0.15, 0.2) is 52.7 Å². The van der Waals surface area contributed by atoms with Crippen molar-refractivity contribution < 1.29 is 0 Å². The number of hydrogen-bond acceptors (Lipinski definition) is 4. The molecule has 4 heteroatoms. The summed E-state index contributed by atoms with van der Waals surface area (Å²) < 4.78 is 0. The molecule has 2 aliphatic rings. The quantitative estimate of drug-likeness (QED) is 0.500. The lowest BCUT2D eigenvalue weighted by Gasteiger charge is -2.38. The van der Waals surface area contributed by atoms with E-state index < -0.39 is 0 Å². The van der Waals surface area contributed by atoms with Crippen LogP contribution in [0.4, 0.5) is 0 Å². The van der Waals surface area contributed by atoms with Crippen molar-refractivity contribution >= 4 is 18.1 Å². The van der Waals surface area contributed by atoms with E-state index in [1.54, 1.807) is 0 Å². The minimum absolute atomic E-state index is 0.556. The van der Waals surface area contributed by atoms with E-state index in [2.05, 4.69) is 72.6 Å². The average molecular weight is 387 g/mol. The van der Waals surface area contributed by atoms with Gasteiger partial charge < -0.3 is 4.90 Å². The Hall–Kier alpha value is -2.93. The van der Waals surface area contributed by atoms with Crippen molar-refractivity contribution in [2.24, 2.45) is 22.0 Å². The molecule has 0 saturated carbocycles. The Morgan fingerprint density at radius 1 is 1.17 bits per heavy atom. The molecule has 1 heterocycles. The predicted molar refractivity (Wildman–Crippen MR) is 122 cm³/mol. The number of allylic oxidation sites excluding steroid dienone is 4. The van der Waals surface area contributed by atoms with Crippen LogP contribution in [0.25, 0.3) is 5.70 Å². The van der Waals surface area contributed by atoms with Gasteiger partial charge in [0.1, 0.15) is 0 Å². The first-order chi connectivity index (χ1) is 13.9. The molecule has 0 N–H and O–H groups in total. The second kappa shape index (κ2) is 9.05. The lowest BCUT2D eigenvalue weighted by molar-refractivity contribution is 0.216. The maximum Gasteiger partial charge on any atom is 0.0988 e. The second-order valence-corrected chi connectivity index (χ2v) is 8.11. The van der Waals surface area contributed by atoms with E-state index >= 15 is 0 Å². The molecular weight excluding hydrogens is 356 g/mol. The minimum Gasteiger partial charge on any atom is -0.372 e. The molecule has 0 radical (unpaired) electrons. The zero-order valence-electron chi connectivity index (χ0n) is 17.8. The van der Waals surface area contributed by atoms with Gasteiger partial charge in [0.25, 0.3) is 0 Å². The third-order valence-corrected chi connectivity index (χ3v) is 6.28. The Bertz CT molecular complexity index is 934. The van der Waals surface area contributed by atoms with Crippen LogP contribution in [0, 0.1) is 37.0 Å². The number of likely N-dealkylation sites (tertiary alicyclic amines) is 1. The van der Waals surface area contributed by atoms with Crippen LogP contribution < -0.4 is 0 Å². The van der Waals surface area contributed by atoms with Crippen molar-refractivity contribution in [3.8, 4) is 6.07 Å². The van der Waals surface area contributed by atoms with Crippen LogP contribution in [-0.2, 0) is 0 Å². The fraction of sp³-hybridized carbons (Fsp3) is 0.400. The van der Waals surface area contributed by atoms with E-state index in [1.165, 1.54) is 16.7 Å². The lowest BCUT2D eigenvalue weighted by atomic mass is 9.79. The SMILES string of the molecule is C=N/N=C(\C)c1cc(C(=C)N2CCC(C3C=CC(C#N)=CC3)CC2)c(C)cc1C. The van der Waals surface area contributed by atoms with Crippen LogP contribution in [0.5, 0.6) is 0 Å². The molecule has 0 aromatic heterocycles. The van der Waals surface area contributed by atoms with E-state index in [4.69, 9.17) is 5.26 Å². The molecule has 150 valence electrons. The first-order valence-corrected chi connectivity index (χ1v) is 10.3. The molecule has 1 aromatic rings. The van der Waals surface area contributed by atoms with Gasteiger partial charge in [0.05, 0.1) is 11.8 Å².